The number of anilines is 1. The number of aromatic nitrogens is 1. The van der Waals surface area contributed by atoms with Gasteiger partial charge in [0.2, 0.25) is 0 Å². The van der Waals surface area contributed by atoms with Crippen LogP contribution in [0.1, 0.15) is 31.4 Å². The molecule has 2 N–H and O–H groups in total. The molecule has 18 heavy (non-hydrogen) atoms. The van der Waals surface area contributed by atoms with Gasteiger partial charge in [0.25, 0.3) is 0 Å². The standard InChI is InChI=1S/C14H24N4/c1-11(15)13-7-4-8-16-14(13)18(3)12-6-5-9-17(2)10-12/h4,7-8,11-12H,5-6,9-10,15H2,1-3H3/t11-,12?/m0/s1. The second-order valence-electron chi connectivity index (χ2n) is 5.37. The topological polar surface area (TPSA) is 45.4 Å². The maximum atomic E-state index is 6.03. The third-order valence-corrected chi connectivity index (χ3v) is 3.79. The summed E-state index contributed by atoms with van der Waals surface area (Å²) in [5, 5.41) is 0. The Bertz CT molecular complexity index is 391. The fourth-order valence-electron chi connectivity index (χ4n) is 2.69. The van der Waals surface area contributed by atoms with Gasteiger partial charge in [-0.1, -0.05) is 6.07 Å². The van der Waals surface area contributed by atoms with Gasteiger partial charge in [-0.3, -0.25) is 0 Å². The molecule has 4 heteroatoms. The zero-order valence-electron chi connectivity index (χ0n) is 11.6. The van der Waals surface area contributed by atoms with Crippen LogP contribution < -0.4 is 10.6 Å². The fourth-order valence-corrected chi connectivity index (χ4v) is 2.69. The Hall–Kier alpha value is -1.13. The van der Waals surface area contributed by atoms with Gasteiger partial charge in [0.15, 0.2) is 0 Å². The van der Waals surface area contributed by atoms with E-state index in [0.717, 1.165) is 17.9 Å². The average molecular weight is 248 g/mol. The zero-order valence-corrected chi connectivity index (χ0v) is 11.6. The predicted molar refractivity (Wildman–Crippen MR) is 75.8 cm³/mol. The fraction of sp³-hybridized carbons (Fsp3) is 0.643. The van der Waals surface area contributed by atoms with E-state index in [-0.39, 0.29) is 6.04 Å². The molecule has 0 bridgehead atoms. The van der Waals surface area contributed by atoms with Crippen molar-refractivity contribution in [2.45, 2.75) is 31.8 Å². The van der Waals surface area contributed by atoms with Gasteiger partial charge in [-0.15, -0.1) is 0 Å². The highest BCUT2D eigenvalue weighted by Gasteiger charge is 2.23. The number of pyridine rings is 1. The van der Waals surface area contributed by atoms with Gasteiger partial charge in [-0.25, -0.2) is 4.98 Å². The second-order valence-corrected chi connectivity index (χ2v) is 5.37. The van der Waals surface area contributed by atoms with Crippen LogP contribution in [-0.4, -0.2) is 43.1 Å². The minimum absolute atomic E-state index is 0.0254. The van der Waals surface area contributed by atoms with Crippen molar-refractivity contribution in [3.63, 3.8) is 0 Å². The highest BCUT2D eigenvalue weighted by molar-refractivity contribution is 5.48. The Balaban J connectivity index is 2.19. The third kappa shape index (κ3) is 2.82. The molecular formula is C14H24N4. The van der Waals surface area contributed by atoms with E-state index in [9.17, 15) is 0 Å². The summed E-state index contributed by atoms with van der Waals surface area (Å²) in [5.74, 6) is 1.04. The lowest BCUT2D eigenvalue weighted by Gasteiger charge is -2.37. The Morgan fingerprint density at radius 3 is 3.00 bits per heavy atom. The Morgan fingerprint density at radius 1 is 1.56 bits per heavy atom. The number of nitrogens with zero attached hydrogens (tertiary/aromatic N) is 3. The number of likely N-dealkylation sites (tertiary alicyclic amines) is 1. The molecular weight excluding hydrogens is 224 g/mol. The molecule has 1 aromatic heterocycles. The van der Waals surface area contributed by atoms with Gasteiger partial charge in [-0.05, 0) is 39.4 Å². The first-order chi connectivity index (χ1) is 8.59. The number of hydrogen-bond donors (Lipinski definition) is 1. The molecule has 1 aromatic rings. The number of likely N-dealkylation sites (N-methyl/N-ethyl adjacent to an activating group) is 2. The minimum atomic E-state index is 0.0254. The Labute approximate surface area is 110 Å². The van der Waals surface area contributed by atoms with Crippen LogP contribution in [0.5, 0.6) is 0 Å². The van der Waals surface area contributed by atoms with Crippen LogP contribution in [0.2, 0.25) is 0 Å². The third-order valence-electron chi connectivity index (χ3n) is 3.79. The molecule has 0 amide bonds. The van der Waals surface area contributed by atoms with Crippen LogP contribution in [0.25, 0.3) is 0 Å². The van der Waals surface area contributed by atoms with E-state index >= 15 is 0 Å². The highest BCUT2D eigenvalue weighted by atomic mass is 15.2. The van der Waals surface area contributed by atoms with Crippen LogP contribution >= 0.6 is 0 Å². The number of piperidine rings is 1. The van der Waals surface area contributed by atoms with E-state index in [1.54, 1.807) is 0 Å². The first kappa shape index (κ1) is 13.3. The summed E-state index contributed by atoms with van der Waals surface area (Å²) in [5.41, 5.74) is 7.16. The molecule has 4 nitrogen and oxygen atoms in total. The summed E-state index contributed by atoms with van der Waals surface area (Å²) in [6.45, 7) is 4.32. The van der Waals surface area contributed by atoms with Crippen LogP contribution in [0.4, 0.5) is 5.82 Å². The molecule has 1 unspecified atom stereocenters. The van der Waals surface area contributed by atoms with Crippen LogP contribution in [0.15, 0.2) is 18.3 Å². The molecule has 0 saturated carbocycles. The first-order valence-electron chi connectivity index (χ1n) is 6.71. The normalized spacial score (nSPS) is 22.8. The predicted octanol–water partition coefficient (Wildman–Crippen LogP) is 1.63. The van der Waals surface area contributed by atoms with Crippen molar-refractivity contribution in [2.24, 2.45) is 5.73 Å². The lowest BCUT2D eigenvalue weighted by atomic mass is 10.0. The summed E-state index contributed by atoms with van der Waals surface area (Å²) >= 11 is 0. The molecule has 0 aliphatic carbocycles. The summed E-state index contributed by atoms with van der Waals surface area (Å²) in [6.07, 6.45) is 4.34. The number of rotatable bonds is 3. The van der Waals surface area contributed by atoms with Gasteiger partial charge in [-0.2, -0.15) is 0 Å². The van der Waals surface area contributed by atoms with Crippen molar-refractivity contribution >= 4 is 5.82 Å². The second kappa shape index (κ2) is 5.67. The summed E-state index contributed by atoms with van der Waals surface area (Å²) in [6, 6.07) is 4.60. The van der Waals surface area contributed by atoms with Crippen LogP contribution in [-0.2, 0) is 0 Å². The monoisotopic (exact) mass is 248 g/mol. The molecule has 1 fully saturated rings. The van der Waals surface area contributed by atoms with Gasteiger partial charge in [0, 0.05) is 37.4 Å². The van der Waals surface area contributed by atoms with Crippen molar-refractivity contribution in [1.29, 1.82) is 0 Å². The molecule has 100 valence electrons. The van der Waals surface area contributed by atoms with E-state index < -0.39 is 0 Å². The van der Waals surface area contributed by atoms with Gasteiger partial charge in [0.1, 0.15) is 5.82 Å². The molecule has 2 atom stereocenters. The van der Waals surface area contributed by atoms with Crippen molar-refractivity contribution in [3.8, 4) is 0 Å². The summed E-state index contributed by atoms with van der Waals surface area (Å²) < 4.78 is 0. The summed E-state index contributed by atoms with van der Waals surface area (Å²) in [7, 11) is 4.32. The van der Waals surface area contributed by atoms with Crippen molar-refractivity contribution < 1.29 is 0 Å². The number of nitrogens with two attached hydrogens (primary N) is 1. The quantitative estimate of drug-likeness (QED) is 0.883. The molecule has 0 aromatic carbocycles. The molecule has 1 aliphatic heterocycles. The molecule has 2 rings (SSSR count). The molecule has 2 heterocycles. The van der Waals surface area contributed by atoms with E-state index in [1.165, 1.54) is 19.4 Å². The van der Waals surface area contributed by atoms with Crippen molar-refractivity contribution in [3.05, 3.63) is 23.9 Å². The SMILES string of the molecule is C[C@H](N)c1cccnc1N(C)C1CCCN(C)C1. The maximum Gasteiger partial charge on any atom is 0.133 e. The van der Waals surface area contributed by atoms with Crippen LogP contribution in [0.3, 0.4) is 0 Å². The highest BCUT2D eigenvalue weighted by Crippen LogP contribution is 2.25. The smallest absolute Gasteiger partial charge is 0.133 e. The van der Waals surface area contributed by atoms with Crippen molar-refractivity contribution in [2.75, 3.05) is 32.1 Å². The van der Waals surface area contributed by atoms with Gasteiger partial charge >= 0.3 is 0 Å². The van der Waals surface area contributed by atoms with Gasteiger partial charge in [0.05, 0.1) is 0 Å². The lowest BCUT2D eigenvalue weighted by molar-refractivity contribution is 0.247. The van der Waals surface area contributed by atoms with E-state index in [2.05, 4.69) is 34.9 Å². The molecule has 1 saturated heterocycles. The average Bonchev–Trinajstić information content (AvgIpc) is 2.38. The largest absolute Gasteiger partial charge is 0.355 e. The zero-order chi connectivity index (χ0) is 13.1. The minimum Gasteiger partial charge on any atom is -0.355 e. The molecule has 1 aliphatic rings. The van der Waals surface area contributed by atoms with Gasteiger partial charge < -0.3 is 15.5 Å². The summed E-state index contributed by atoms with van der Waals surface area (Å²) in [4.78, 5) is 9.22. The Kier molecular flexibility index (Phi) is 4.19. The van der Waals surface area contributed by atoms with Crippen molar-refractivity contribution in [1.82, 2.24) is 9.88 Å². The molecule has 0 spiro atoms. The molecule has 0 radical (unpaired) electrons. The first-order valence-corrected chi connectivity index (χ1v) is 6.71. The van der Waals surface area contributed by atoms with E-state index in [1.807, 2.05) is 19.2 Å². The maximum absolute atomic E-state index is 6.03. The van der Waals surface area contributed by atoms with Crippen LogP contribution in [0, 0.1) is 0 Å². The van der Waals surface area contributed by atoms with E-state index in [0.29, 0.717) is 6.04 Å². The number of hydrogen-bond acceptors (Lipinski definition) is 4. The lowest BCUT2D eigenvalue weighted by Crippen LogP contribution is -2.45. The van der Waals surface area contributed by atoms with E-state index in [4.69, 9.17) is 5.73 Å². The Morgan fingerprint density at radius 2 is 2.33 bits per heavy atom.